The van der Waals surface area contributed by atoms with Gasteiger partial charge in [-0.15, -0.1) is 0 Å². The van der Waals surface area contributed by atoms with E-state index in [1.54, 1.807) is 17.0 Å². The molecule has 0 saturated carbocycles. The van der Waals surface area contributed by atoms with Crippen LogP contribution in [0.1, 0.15) is 5.56 Å². The molecule has 2 saturated heterocycles. The Labute approximate surface area is 184 Å². The summed E-state index contributed by atoms with van der Waals surface area (Å²) in [7, 11) is 0. The third-order valence-corrected chi connectivity index (χ3v) is 6.94. The molecule has 2 amide bonds. The van der Waals surface area contributed by atoms with Gasteiger partial charge >= 0.3 is 0 Å². The van der Waals surface area contributed by atoms with Crippen LogP contribution in [0.3, 0.4) is 0 Å². The van der Waals surface area contributed by atoms with Crippen molar-refractivity contribution in [2.75, 3.05) is 18.4 Å². The van der Waals surface area contributed by atoms with Crippen molar-refractivity contribution >= 4 is 28.4 Å². The summed E-state index contributed by atoms with van der Waals surface area (Å²) in [6, 6.07) is 14.1. The number of nitrogens with one attached hydrogen (secondary N) is 2. The molecule has 3 aliphatic rings. The van der Waals surface area contributed by atoms with Gasteiger partial charge in [-0.25, -0.2) is 4.39 Å². The minimum Gasteiger partial charge on any atom is -0.361 e. The average molecular weight is 431 g/mol. The Kier molecular flexibility index (Phi) is 4.23. The van der Waals surface area contributed by atoms with E-state index in [9.17, 15) is 14.0 Å². The molecule has 3 aliphatic heterocycles. The van der Waals surface area contributed by atoms with Crippen LogP contribution in [0.4, 0.5) is 10.1 Å². The van der Waals surface area contributed by atoms with Crippen molar-refractivity contribution in [2.24, 2.45) is 11.8 Å². The molecule has 7 heteroatoms. The third kappa shape index (κ3) is 2.81. The largest absolute Gasteiger partial charge is 0.361 e. The van der Waals surface area contributed by atoms with Gasteiger partial charge in [-0.1, -0.05) is 42.5 Å². The Balaban J connectivity index is 1.21. The third-order valence-electron chi connectivity index (χ3n) is 6.94. The van der Waals surface area contributed by atoms with Gasteiger partial charge < -0.3 is 19.9 Å². The van der Waals surface area contributed by atoms with Gasteiger partial charge in [0.2, 0.25) is 11.8 Å². The summed E-state index contributed by atoms with van der Waals surface area (Å²) >= 11 is 0. The summed E-state index contributed by atoms with van der Waals surface area (Å²) in [5.74, 6) is -2.24. The second-order valence-electron chi connectivity index (χ2n) is 8.74. The number of anilines is 1. The molecule has 1 unspecified atom stereocenters. The predicted octanol–water partition coefficient (Wildman–Crippen LogP) is 3.27. The van der Waals surface area contributed by atoms with Crippen LogP contribution in [-0.4, -0.2) is 46.5 Å². The van der Waals surface area contributed by atoms with E-state index in [2.05, 4.69) is 16.4 Å². The van der Waals surface area contributed by atoms with Gasteiger partial charge in [0, 0.05) is 23.6 Å². The maximum atomic E-state index is 14.0. The summed E-state index contributed by atoms with van der Waals surface area (Å²) in [4.78, 5) is 31.5. The van der Waals surface area contributed by atoms with E-state index in [0.29, 0.717) is 19.5 Å². The highest BCUT2D eigenvalue weighted by Crippen LogP contribution is 2.52. The highest BCUT2D eigenvalue weighted by atomic mass is 19.1. The molecule has 32 heavy (non-hydrogen) atoms. The number of ether oxygens (including phenoxy) is 1. The number of nitrogens with zero attached hydrogens (tertiary/aromatic N) is 1. The Morgan fingerprint density at radius 1 is 1.22 bits per heavy atom. The van der Waals surface area contributed by atoms with Crippen molar-refractivity contribution in [1.82, 2.24) is 9.88 Å². The lowest BCUT2D eigenvalue weighted by atomic mass is 9.77. The Morgan fingerprint density at radius 2 is 2.03 bits per heavy atom. The lowest BCUT2D eigenvalue weighted by Gasteiger charge is -2.23. The van der Waals surface area contributed by atoms with E-state index in [-0.39, 0.29) is 17.5 Å². The molecule has 1 aromatic heterocycles. The number of aromatic amines is 1. The average Bonchev–Trinajstić information content (AvgIpc) is 3.54. The molecule has 4 atom stereocenters. The summed E-state index contributed by atoms with van der Waals surface area (Å²) in [6.45, 7) is 0.970. The summed E-state index contributed by atoms with van der Waals surface area (Å²) in [5, 5.41) is 3.80. The van der Waals surface area contributed by atoms with Gasteiger partial charge in [-0.2, -0.15) is 0 Å². The van der Waals surface area contributed by atoms with Gasteiger partial charge in [0.1, 0.15) is 11.4 Å². The maximum absolute atomic E-state index is 14.0. The number of para-hydroxylation sites is 2. The van der Waals surface area contributed by atoms with Crippen molar-refractivity contribution in [1.29, 1.82) is 0 Å². The number of carbonyl (C=O) groups is 2. The number of H-pyrrole nitrogens is 1. The van der Waals surface area contributed by atoms with Crippen LogP contribution in [-0.2, 0) is 20.7 Å². The van der Waals surface area contributed by atoms with Crippen LogP contribution in [0.25, 0.3) is 10.9 Å². The number of hydrogen-bond donors (Lipinski definition) is 2. The first-order valence-corrected chi connectivity index (χ1v) is 10.8. The zero-order valence-corrected chi connectivity index (χ0v) is 17.3. The Bertz CT molecular complexity index is 1270. The number of aromatic nitrogens is 1. The van der Waals surface area contributed by atoms with Crippen LogP contribution in [0.15, 0.2) is 66.9 Å². The van der Waals surface area contributed by atoms with Crippen LogP contribution >= 0.6 is 0 Å². The molecule has 2 bridgehead atoms. The lowest BCUT2D eigenvalue weighted by molar-refractivity contribution is -0.135. The van der Waals surface area contributed by atoms with Crippen molar-refractivity contribution in [2.45, 2.75) is 18.1 Å². The van der Waals surface area contributed by atoms with Gasteiger partial charge in [-0.3, -0.25) is 9.59 Å². The molecule has 2 N–H and O–H groups in total. The maximum Gasteiger partial charge on any atom is 0.231 e. The van der Waals surface area contributed by atoms with Crippen molar-refractivity contribution < 1.29 is 18.7 Å². The van der Waals surface area contributed by atoms with Crippen LogP contribution < -0.4 is 5.32 Å². The van der Waals surface area contributed by atoms with E-state index in [0.717, 1.165) is 16.5 Å². The van der Waals surface area contributed by atoms with Crippen LogP contribution in [0, 0.1) is 17.7 Å². The van der Waals surface area contributed by atoms with E-state index < -0.39 is 29.4 Å². The smallest absolute Gasteiger partial charge is 0.231 e. The summed E-state index contributed by atoms with van der Waals surface area (Å²) in [6.07, 6.45) is 6.01. The van der Waals surface area contributed by atoms with Crippen molar-refractivity contribution in [3.05, 3.63) is 78.3 Å². The second-order valence-corrected chi connectivity index (χ2v) is 8.74. The molecule has 1 spiro atoms. The number of likely N-dealkylation sites (tertiary alicyclic amines) is 1. The van der Waals surface area contributed by atoms with Gasteiger partial charge in [-0.05, 0) is 30.2 Å². The fourth-order valence-electron chi connectivity index (χ4n) is 5.44. The highest BCUT2D eigenvalue weighted by molar-refractivity contribution is 5.99. The quantitative estimate of drug-likeness (QED) is 0.609. The number of fused-ring (bicyclic) bond motifs is 2. The van der Waals surface area contributed by atoms with Crippen molar-refractivity contribution in [3.8, 4) is 0 Å². The summed E-state index contributed by atoms with van der Waals surface area (Å²) < 4.78 is 20.2. The number of rotatable bonds is 5. The van der Waals surface area contributed by atoms with Gasteiger partial charge in [0.15, 0.2) is 0 Å². The first-order chi connectivity index (χ1) is 15.6. The molecule has 2 fully saturated rings. The van der Waals surface area contributed by atoms with Gasteiger partial charge in [0.25, 0.3) is 0 Å². The number of amides is 2. The van der Waals surface area contributed by atoms with Crippen LogP contribution in [0.2, 0.25) is 0 Å². The molecule has 0 aliphatic carbocycles. The molecule has 6 nitrogen and oxygen atoms in total. The minimum atomic E-state index is -0.779. The fraction of sp³-hybridized carbons (Fsp3) is 0.280. The van der Waals surface area contributed by atoms with E-state index >= 15 is 0 Å². The topological polar surface area (TPSA) is 74.4 Å². The van der Waals surface area contributed by atoms with E-state index in [4.69, 9.17) is 4.74 Å². The SMILES string of the molecule is O=C(Nc1ccccc1F)C1[C@@H]2C=C[C@]3(CN(CCc4c[nH]c5ccccc45)C(=O)[C@@H]13)O2. The summed E-state index contributed by atoms with van der Waals surface area (Å²) in [5.41, 5.74) is 1.55. The first-order valence-electron chi connectivity index (χ1n) is 10.8. The molecule has 2 aromatic carbocycles. The van der Waals surface area contributed by atoms with E-state index in [1.165, 1.54) is 12.1 Å². The fourth-order valence-corrected chi connectivity index (χ4v) is 5.44. The highest BCUT2D eigenvalue weighted by Gasteiger charge is 2.66. The van der Waals surface area contributed by atoms with E-state index in [1.807, 2.05) is 36.5 Å². The molecule has 0 radical (unpaired) electrons. The van der Waals surface area contributed by atoms with Crippen LogP contribution in [0.5, 0.6) is 0 Å². The molecule has 3 aromatic rings. The monoisotopic (exact) mass is 431 g/mol. The number of halogens is 1. The molecule has 4 heterocycles. The zero-order valence-electron chi connectivity index (χ0n) is 17.3. The zero-order chi connectivity index (χ0) is 21.9. The predicted molar refractivity (Wildman–Crippen MR) is 117 cm³/mol. The molecule has 162 valence electrons. The number of hydrogen-bond acceptors (Lipinski definition) is 3. The number of benzene rings is 2. The Hall–Kier alpha value is -3.45. The molecular formula is C25H22FN3O3. The molecular weight excluding hydrogens is 409 g/mol. The normalized spacial score (nSPS) is 28.0. The lowest BCUT2D eigenvalue weighted by Crippen LogP contribution is -2.41. The second kappa shape index (κ2) is 7.03. The molecule has 6 rings (SSSR count). The van der Waals surface area contributed by atoms with Gasteiger partial charge in [0.05, 0.1) is 30.2 Å². The standard InChI is InChI=1S/C25H22FN3O3/c26-17-6-2-4-8-19(17)28-23(30)21-20-9-11-25(32-20)14-29(24(31)22(21)25)12-10-15-13-27-18-7-3-1-5-16(15)18/h1-9,11,13,20-22,27H,10,12,14H2,(H,28,30)/t20-,21?,22+,25+/m0/s1. The Morgan fingerprint density at radius 3 is 2.91 bits per heavy atom. The number of carbonyl (C=O) groups excluding carboxylic acids is 2. The van der Waals surface area contributed by atoms with Crippen molar-refractivity contribution in [3.63, 3.8) is 0 Å². The first kappa shape index (κ1) is 19.3. The minimum absolute atomic E-state index is 0.0784.